The Bertz CT molecular complexity index is 679. The average Bonchev–Trinajstić information content (AvgIpc) is 2.94. The number of benzene rings is 1. The Morgan fingerprint density at radius 1 is 1.00 bits per heavy atom. The molecule has 3 rings (SSSR count). The van der Waals surface area contributed by atoms with Crippen molar-refractivity contribution in [3.8, 4) is 0 Å². The van der Waals surface area contributed by atoms with Gasteiger partial charge < -0.3 is 4.90 Å². The molecule has 1 aromatic rings. The molecule has 2 aliphatic rings. The van der Waals surface area contributed by atoms with E-state index in [9.17, 15) is 13.2 Å². The first-order valence-electron chi connectivity index (χ1n) is 7.91. The second-order valence-corrected chi connectivity index (χ2v) is 7.97. The molecule has 0 atom stereocenters. The van der Waals surface area contributed by atoms with Crippen LogP contribution in [0.1, 0.15) is 37.7 Å². The van der Waals surface area contributed by atoms with Gasteiger partial charge in [0.2, 0.25) is 15.9 Å². The predicted molar refractivity (Wildman–Crippen MR) is 85.4 cm³/mol. The largest absolute Gasteiger partial charge is 0.312 e. The fraction of sp³-hybridized carbons (Fsp3) is 0.562. The summed E-state index contributed by atoms with van der Waals surface area (Å²) < 4.78 is 27.1. The van der Waals surface area contributed by atoms with E-state index in [1.54, 1.807) is 28.3 Å². The lowest BCUT2D eigenvalue weighted by Gasteiger charge is -2.27. The number of amides is 1. The van der Waals surface area contributed by atoms with Crippen LogP contribution in [0.25, 0.3) is 0 Å². The minimum atomic E-state index is -3.42. The van der Waals surface area contributed by atoms with Crippen molar-refractivity contribution >= 4 is 21.6 Å². The highest BCUT2D eigenvalue weighted by Crippen LogP contribution is 2.28. The number of anilines is 1. The summed E-state index contributed by atoms with van der Waals surface area (Å²) in [5.74, 6) is 0.117. The summed E-state index contributed by atoms with van der Waals surface area (Å²) in [6, 6.07) is 5.23. The van der Waals surface area contributed by atoms with Crippen LogP contribution in [-0.4, -0.2) is 38.3 Å². The third-order valence-electron chi connectivity index (χ3n) is 4.48. The van der Waals surface area contributed by atoms with Gasteiger partial charge in [0.1, 0.15) is 0 Å². The van der Waals surface area contributed by atoms with Crippen molar-refractivity contribution in [3.63, 3.8) is 0 Å². The van der Waals surface area contributed by atoms with Gasteiger partial charge in [0.25, 0.3) is 0 Å². The van der Waals surface area contributed by atoms with Crippen LogP contribution in [0.3, 0.4) is 0 Å². The smallest absolute Gasteiger partial charge is 0.243 e. The van der Waals surface area contributed by atoms with E-state index in [-0.39, 0.29) is 5.91 Å². The minimum Gasteiger partial charge on any atom is -0.312 e. The summed E-state index contributed by atoms with van der Waals surface area (Å²) in [5.41, 5.74) is 1.51. The molecule has 2 saturated heterocycles. The van der Waals surface area contributed by atoms with E-state index >= 15 is 0 Å². The average molecular weight is 322 g/mol. The first-order chi connectivity index (χ1) is 10.5. The maximum absolute atomic E-state index is 12.8. The molecular formula is C16H22N2O3S. The Morgan fingerprint density at radius 3 is 2.32 bits per heavy atom. The van der Waals surface area contributed by atoms with Crippen LogP contribution in [0.4, 0.5) is 5.69 Å². The van der Waals surface area contributed by atoms with E-state index in [0.717, 1.165) is 37.9 Å². The van der Waals surface area contributed by atoms with Crippen LogP contribution in [0.2, 0.25) is 0 Å². The topological polar surface area (TPSA) is 57.7 Å². The van der Waals surface area contributed by atoms with Gasteiger partial charge in [-0.15, -0.1) is 0 Å². The van der Waals surface area contributed by atoms with Gasteiger partial charge in [-0.1, -0.05) is 6.42 Å². The fourth-order valence-electron chi connectivity index (χ4n) is 3.26. The molecule has 0 radical (unpaired) electrons. The Labute approximate surface area is 132 Å². The Balaban J connectivity index is 1.90. The van der Waals surface area contributed by atoms with Gasteiger partial charge in [0.05, 0.1) is 4.90 Å². The molecule has 0 unspecified atom stereocenters. The molecule has 1 aromatic carbocycles. The molecule has 2 aliphatic heterocycles. The first kappa shape index (κ1) is 15.5. The van der Waals surface area contributed by atoms with Crippen molar-refractivity contribution in [1.82, 2.24) is 4.31 Å². The molecular weight excluding hydrogens is 300 g/mol. The van der Waals surface area contributed by atoms with Crippen molar-refractivity contribution in [2.24, 2.45) is 0 Å². The number of aryl methyl sites for hydroxylation is 1. The maximum Gasteiger partial charge on any atom is 0.243 e. The zero-order chi connectivity index (χ0) is 15.7. The van der Waals surface area contributed by atoms with Crippen LogP contribution in [-0.2, 0) is 14.8 Å². The molecule has 0 saturated carbocycles. The summed E-state index contributed by atoms with van der Waals surface area (Å²) in [7, 11) is -3.42. The highest BCUT2D eigenvalue weighted by molar-refractivity contribution is 7.89. The third kappa shape index (κ3) is 2.77. The summed E-state index contributed by atoms with van der Waals surface area (Å²) in [5, 5.41) is 0. The van der Waals surface area contributed by atoms with Gasteiger partial charge >= 0.3 is 0 Å². The van der Waals surface area contributed by atoms with Gasteiger partial charge in [-0.3, -0.25) is 4.79 Å². The number of rotatable bonds is 3. The zero-order valence-corrected chi connectivity index (χ0v) is 13.7. The Morgan fingerprint density at radius 2 is 1.73 bits per heavy atom. The summed E-state index contributed by atoms with van der Waals surface area (Å²) in [6.45, 7) is 3.74. The van der Waals surface area contributed by atoms with Crippen molar-refractivity contribution in [1.29, 1.82) is 0 Å². The molecule has 6 heteroatoms. The van der Waals surface area contributed by atoms with Gasteiger partial charge in [-0.05, 0) is 49.9 Å². The van der Waals surface area contributed by atoms with Crippen LogP contribution < -0.4 is 4.90 Å². The normalized spacial score (nSPS) is 20.6. The number of piperidine rings is 1. The number of carbonyl (C=O) groups excluding carboxylic acids is 1. The van der Waals surface area contributed by atoms with E-state index in [2.05, 4.69) is 0 Å². The van der Waals surface area contributed by atoms with E-state index < -0.39 is 10.0 Å². The molecule has 0 spiro atoms. The fourth-order valence-corrected chi connectivity index (χ4v) is 4.98. The second-order valence-electron chi connectivity index (χ2n) is 6.06. The monoisotopic (exact) mass is 322 g/mol. The standard InChI is InChI=1S/C16H22N2O3S/c1-13-12-14(18-11-5-6-16(18)19)7-8-15(13)22(20,21)17-9-3-2-4-10-17/h7-8,12H,2-6,9-11H2,1H3. The van der Waals surface area contributed by atoms with Gasteiger partial charge in [-0.2, -0.15) is 4.31 Å². The van der Waals surface area contributed by atoms with Crippen molar-refractivity contribution < 1.29 is 13.2 Å². The Hall–Kier alpha value is -1.40. The van der Waals surface area contributed by atoms with Crippen molar-refractivity contribution in [2.75, 3.05) is 24.5 Å². The molecule has 0 aliphatic carbocycles. The molecule has 1 amide bonds. The van der Waals surface area contributed by atoms with E-state index in [0.29, 0.717) is 30.0 Å². The number of hydrogen-bond acceptors (Lipinski definition) is 3. The molecule has 120 valence electrons. The van der Waals surface area contributed by atoms with Gasteiger partial charge in [0, 0.05) is 31.7 Å². The van der Waals surface area contributed by atoms with E-state index in [4.69, 9.17) is 0 Å². The SMILES string of the molecule is Cc1cc(N2CCCC2=O)ccc1S(=O)(=O)N1CCCCC1. The third-order valence-corrected chi connectivity index (χ3v) is 6.54. The van der Waals surface area contributed by atoms with Crippen molar-refractivity contribution in [2.45, 2.75) is 43.9 Å². The maximum atomic E-state index is 12.8. The molecule has 22 heavy (non-hydrogen) atoms. The van der Waals surface area contributed by atoms with E-state index in [1.165, 1.54) is 0 Å². The number of carbonyl (C=O) groups is 1. The highest BCUT2D eigenvalue weighted by atomic mass is 32.2. The lowest BCUT2D eigenvalue weighted by molar-refractivity contribution is -0.117. The number of sulfonamides is 1. The quantitative estimate of drug-likeness (QED) is 0.858. The first-order valence-corrected chi connectivity index (χ1v) is 9.35. The molecule has 5 nitrogen and oxygen atoms in total. The molecule has 0 bridgehead atoms. The lowest BCUT2D eigenvalue weighted by atomic mass is 10.2. The van der Waals surface area contributed by atoms with Crippen LogP contribution in [0.15, 0.2) is 23.1 Å². The van der Waals surface area contributed by atoms with Crippen LogP contribution in [0, 0.1) is 6.92 Å². The summed E-state index contributed by atoms with van der Waals surface area (Å²) in [6.07, 6.45) is 4.40. The number of hydrogen-bond donors (Lipinski definition) is 0. The number of nitrogens with zero attached hydrogens (tertiary/aromatic N) is 2. The molecule has 0 aromatic heterocycles. The minimum absolute atomic E-state index is 0.117. The van der Waals surface area contributed by atoms with E-state index in [1.807, 2.05) is 6.07 Å². The zero-order valence-electron chi connectivity index (χ0n) is 12.9. The van der Waals surface area contributed by atoms with Crippen LogP contribution >= 0.6 is 0 Å². The molecule has 0 N–H and O–H groups in total. The van der Waals surface area contributed by atoms with Gasteiger partial charge in [0.15, 0.2) is 0 Å². The predicted octanol–water partition coefficient (Wildman–Crippen LogP) is 2.30. The highest BCUT2D eigenvalue weighted by Gasteiger charge is 2.28. The van der Waals surface area contributed by atoms with Crippen LogP contribution in [0.5, 0.6) is 0 Å². The summed E-state index contributed by atoms with van der Waals surface area (Å²) in [4.78, 5) is 13.9. The Kier molecular flexibility index (Phi) is 4.23. The summed E-state index contributed by atoms with van der Waals surface area (Å²) >= 11 is 0. The lowest BCUT2D eigenvalue weighted by Crippen LogP contribution is -2.36. The second kappa shape index (κ2) is 6.01. The van der Waals surface area contributed by atoms with Gasteiger partial charge in [-0.25, -0.2) is 8.42 Å². The molecule has 2 heterocycles. The molecule has 2 fully saturated rings. The van der Waals surface area contributed by atoms with Crippen molar-refractivity contribution in [3.05, 3.63) is 23.8 Å².